The van der Waals surface area contributed by atoms with Crippen molar-refractivity contribution in [1.29, 1.82) is 0 Å². The van der Waals surface area contributed by atoms with Crippen LogP contribution in [0.15, 0.2) is 72.8 Å². The number of esters is 1. The summed E-state index contributed by atoms with van der Waals surface area (Å²) >= 11 is 0. The van der Waals surface area contributed by atoms with Gasteiger partial charge in [0, 0.05) is 0 Å². The molecule has 0 N–H and O–H groups in total. The molecule has 0 heterocycles. The number of benzene rings is 3. The van der Waals surface area contributed by atoms with Gasteiger partial charge in [0.2, 0.25) is 0 Å². The van der Waals surface area contributed by atoms with Crippen molar-refractivity contribution in [3.63, 3.8) is 0 Å². The molecule has 3 aromatic rings. The number of ether oxygens (including phenoxy) is 2. The molecule has 0 aliphatic carbocycles. The molecule has 0 fully saturated rings. The predicted molar refractivity (Wildman–Crippen MR) is 159 cm³/mol. The van der Waals surface area contributed by atoms with E-state index < -0.39 is 0 Å². The Hall–Kier alpha value is -3.07. The normalized spacial score (nSPS) is 11.8. The Morgan fingerprint density at radius 1 is 0.684 bits per heavy atom. The second kappa shape index (κ2) is 16.7. The lowest BCUT2D eigenvalue weighted by atomic mass is 9.95. The third kappa shape index (κ3) is 9.67. The van der Waals surface area contributed by atoms with E-state index >= 15 is 0 Å². The van der Waals surface area contributed by atoms with E-state index in [1.807, 2.05) is 60.7 Å². The fraction of sp³-hybridized carbons (Fsp3) is 0.457. The molecule has 0 aliphatic rings. The Balaban J connectivity index is 1.55. The molecule has 0 saturated carbocycles. The van der Waals surface area contributed by atoms with Gasteiger partial charge in [-0.25, -0.2) is 4.79 Å². The standard InChI is InChI=1S/C35H46O3/c1-4-6-8-10-11-15-27-37-31-23-21-30(22-24-31)33-17-13-14-18-34(33)35(36)38-32-25-19-29(20-26-32)28(3)16-12-9-7-5-2/h13-14,17-26,28H,4-12,15-16,27H2,1-3H3. The molecule has 0 spiro atoms. The summed E-state index contributed by atoms with van der Waals surface area (Å²) in [6.07, 6.45) is 13.8. The number of carbonyl (C=O) groups excluding carboxylic acids is 1. The van der Waals surface area contributed by atoms with E-state index in [4.69, 9.17) is 9.47 Å². The number of carbonyl (C=O) groups is 1. The molecule has 0 aliphatic heterocycles. The van der Waals surface area contributed by atoms with E-state index in [1.54, 1.807) is 0 Å². The molecule has 3 nitrogen and oxygen atoms in total. The van der Waals surface area contributed by atoms with Gasteiger partial charge in [-0.3, -0.25) is 0 Å². The second-order valence-corrected chi connectivity index (χ2v) is 10.4. The zero-order valence-corrected chi connectivity index (χ0v) is 23.7. The molecule has 0 amide bonds. The van der Waals surface area contributed by atoms with Gasteiger partial charge in [-0.2, -0.15) is 0 Å². The fourth-order valence-corrected chi connectivity index (χ4v) is 4.79. The molecule has 38 heavy (non-hydrogen) atoms. The Morgan fingerprint density at radius 2 is 1.29 bits per heavy atom. The number of unbranched alkanes of at least 4 members (excludes halogenated alkanes) is 8. The van der Waals surface area contributed by atoms with Crippen LogP contribution in [-0.4, -0.2) is 12.6 Å². The van der Waals surface area contributed by atoms with Gasteiger partial charge in [-0.1, -0.05) is 121 Å². The summed E-state index contributed by atoms with van der Waals surface area (Å²) in [6, 6.07) is 23.6. The van der Waals surface area contributed by atoms with Gasteiger partial charge in [0.25, 0.3) is 0 Å². The highest BCUT2D eigenvalue weighted by atomic mass is 16.5. The summed E-state index contributed by atoms with van der Waals surface area (Å²) in [5.74, 6) is 1.60. The largest absolute Gasteiger partial charge is 0.494 e. The van der Waals surface area contributed by atoms with Gasteiger partial charge in [-0.15, -0.1) is 0 Å². The molecule has 0 saturated heterocycles. The Kier molecular flexibility index (Phi) is 13.0. The first-order valence-corrected chi connectivity index (χ1v) is 14.8. The Labute approximate surface area is 230 Å². The summed E-state index contributed by atoms with van der Waals surface area (Å²) < 4.78 is 11.7. The SMILES string of the molecule is CCCCCCCCOc1ccc(-c2ccccc2C(=O)Oc2ccc(C(C)CCCCCC)cc2)cc1. The topological polar surface area (TPSA) is 35.5 Å². The van der Waals surface area contributed by atoms with E-state index in [1.165, 1.54) is 69.8 Å². The van der Waals surface area contributed by atoms with Crippen molar-refractivity contribution < 1.29 is 14.3 Å². The van der Waals surface area contributed by atoms with Crippen LogP contribution in [0.2, 0.25) is 0 Å². The summed E-state index contributed by atoms with van der Waals surface area (Å²) in [4.78, 5) is 13.1. The molecular formula is C35H46O3. The number of rotatable bonds is 17. The van der Waals surface area contributed by atoms with Crippen molar-refractivity contribution in [2.24, 2.45) is 0 Å². The maximum Gasteiger partial charge on any atom is 0.344 e. The van der Waals surface area contributed by atoms with Crippen molar-refractivity contribution in [2.45, 2.75) is 97.3 Å². The predicted octanol–water partition coefficient (Wildman–Crippen LogP) is 10.4. The zero-order chi connectivity index (χ0) is 27.0. The van der Waals surface area contributed by atoms with Crippen LogP contribution in [0.4, 0.5) is 0 Å². The average molecular weight is 515 g/mol. The second-order valence-electron chi connectivity index (χ2n) is 10.4. The first-order valence-electron chi connectivity index (χ1n) is 14.8. The van der Waals surface area contributed by atoms with Gasteiger partial charge >= 0.3 is 5.97 Å². The molecule has 1 unspecified atom stereocenters. The summed E-state index contributed by atoms with van der Waals surface area (Å²) in [5, 5.41) is 0. The van der Waals surface area contributed by atoms with E-state index in [2.05, 4.69) is 32.9 Å². The van der Waals surface area contributed by atoms with Gasteiger partial charge in [-0.05, 0) is 65.8 Å². The quantitative estimate of drug-likeness (QED) is 0.102. The lowest BCUT2D eigenvalue weighted by molar-refractivity contribution is 0.0735. The molecule has 204 valence electrons. The van der Waals surface area contributed by atoms with E-state index in [9.17, 15) is 4.79 Å². The summed E-state index contributed by atoms with van der Waals surface area (Å²) in [6.45, 7) is 7.49. The van der Waals surface area contributed by atoms with Crippen LogP contribution in [0, 0.1) is 0 Å². The van der Waals surface area contributed by atoms with Crippen molar-refractivity contribution in [3.05, 3.63) is 83.9 Å². The van der Waals surface area contributed by atoms with Gasteiger partial charge in [0.15, 0.2) is 0 Å². The molecular weight excluding hydrogens is 468 g/mol. The highest BCUT2D eigenvalue weighted by Crippen LogP contribution is 2.28. The van der Waals surface area contributed by atoms with Crippen LogP contribution < -0.4 is 9.47 Å². The lowest BCUT2D eigenvalue weighted by Crippen LogP contribution is -2.10. The van der Waals surface area contributed by atoms with Gasteiger partial charge in [0.05, 0.1) is 12.2 Å². The van der Waals surface area contributed by atoms with E-state index in [0.717, 1.165) is 29.9 Å². The monoisotopic (exact) mass is 514 g/mol. The van der Waals surface area contributed by atoms with Crippen LogP contribution in [-0.2, 0) is 0 Å². The number of hydrogen-bond donors (Lipinski definition) is 0. The molecule has 3 aromatic carbocycles. The zero-order valence-electron chi connectivity index (χ0n) is 23.7. The molecule has 0 aromatic heterocycles. The molecule has 3 rings (SSSR count). The minimum atomic E-state index is -0.343. The number of hydrogen-bond acceptors (Lipinski definition) is 3. The Bertz CT molecular complexity index is 1070. The molecule has 3 heteroatoms. The molecule has 0 bridgehead atoms. The van der Waals surface area contributed by atoms with Crippen molar-refractivity contribution in [1.82, 2.24) is 0 Å². The maximum absolute atomic E-state index is 13.1. The van der Waals surface area contributed by atoms with Crippen molar-refractivity contribution in [2.75, 3.05) is 6.61 Å². The Morgan fingerprint density at radius 3 is 2.00 bits per heavy atom. The molecule has 0 radical (unpaired) electrons. The summed E-state index contributed by atoms with van der Waals surface area (Å²) in [5.41, 5.74) is 3.68. The first-order chi connectivity index (χ1) is 18.6. The lowest BCUT2D eigenvalue weighted by Gasteiger charge is -2.13. The van der Waals surface area contributed by atoms with Gasteiger partial charge < -0.3 is 9.47 Å². The fourth-order valence-electron chi connectivity index (χ4n) is 4.79. The first kappa shape index (κ1) is 29.5. The van der Waals surface area contributed by atoms with Crippen LogP contribution >= 0.6 is 0 Å². The van der Waals surface area contributed by atoms with Crippen LogP contribution in [0.1, 0.15) is 113 Å². The van der Waals surface area contributed by atoms with Crippen LogP contribution in [0.3, 0.4) is 0 Å². The van der Waals surface area contributed by atoms with E-state index in [-0.39, 0.29) is 5.97 Å². The smallest absolute Gasteiger partial charge is 0.344 e. The minimum Gasteiger partial charge on any atom is -0.494 e. The maximum atomic E-state index is 13.1. The van der Waals surface area contributed by atoms with Gasteiger partial charge in [0.1, 0.15) is 11.5 Å². The van der Waals surface area contributed by atoms with Crippen molar-refractivity contribution in [3.8, 4) is 22.6 Å². The highest BCUT2D eigenvalue weighted by molar-refractivity contribution is 5.98. The average Bonchev–Trinajstić information content (AvgIpc) is 2.95. The minimum absolute atomic E-state index is 0.343. The molecule has 1 atom stereocenters. The van der Waals surface area contributed by atoms with Crippen LogP contribution in [0.5, 0.6) is 11.5 Å². The van der Waals surface area contributed by atoms with Crippen LogP contribution in [0.25, 0.3) is 11.1 Å². The highest BCUT2D eigenvalue weighted by Gasteiger charge is 2.15. The van der Waals surface area contributed by atoms with Crippen molar-refractivity contribution >= 4 is 5.97 Å². The third-order valence-corrected chi connectivity index (χ3v) is 7.23. The summed E-state index contributed by atoms with van der Waals surface area (Å²) in [7, 11) is 0. The third-order valence-electron chi connectivity index (χ3n) is 7.23. The van der Waals surface area contributed by atoms with E-state index in [0.29, 0.717) is 17.2 Å².